The minimum atomic E-state index is 0.0794. The number of para-hydroxylation sites is 1. The summed E-state index contributed by atoms with van der Waals surface area (Å²) >= 11 is 1.54. The Balaban J connectivity index is 1.12. The molecule has 0 radical (unpaired) electrons. The Morgan fingerprint density at radius 1 is 0.933 bits per heavy atom. The van der Waals surface area contributed by atoms with Crippen molar-refractivity contribution in [3.63, 3.8) is 0 Å². The molecule has 3 aromatic carbocycles. The van der Waals surface area contributed by atoms with Crippen LogP contribution in [0, 0.1) is 5.92 Å². The van der Waals surface area contributed by atoms with E-state index in [-0.39, 0.29) is 11.8 Å². The number of anilines is 1. The van der Waals surface area contributed by atoms with E-state index in [0.717, 1.165) is 42.4 Å². The highest BCUT2D eigenvalue weighted by molar-refractivity contribution is 7.22. The molecule has 1 aliphatic rings. The van der Waals surface area contributed by atoms with Crippen LogP contribution >= 0.6 is 11.3 Å². The number of nitrogens with zero attached hydrogens (tertiary/aromatic N) is 1. The van der Waals surface area contributed by atoms with Gasteiger partial charge in [0.05, 0.1) is 10.2 Å². The Hall–Kier alpha value is -2.76. The molecule has 0 atom stereocenters. The van der Waals surface area contributed by atoms with Crippen LogP contribution in [-0.2, 0) is 11.3 Å². The third-order valence-corrected chi connectivity index (χ3v) is 6.98. The Labute approximate surface area is 180 Å². The molecular weight excluding hydrogens is 390 g/mol. The van der Waals surface area contributed by atoms with E-state index < -0.39 is 0 Å². The fourth-order valence-electron chi connectivity index (χ4n) is 4.30. The Morgan fingerprint density at radius 3 is 2.53 bits per heavy atom. The zero-order chi connectivity index (χ0) is 20.3. The van der Waals surface area contributed by atoms with Crippen LogP contribution in [0.2, 0.25) is 0 Å². The van der Waals surface area contributed by atoms with E-state index >= 15 is 0 Å². The standard InChI is InChI=1S/C25H25N3OS/c29-24(28-25-27-22-7-3-4-8-23(22)30-25)19-11-13-21(14-12-19)26-16-17-9-10-18-5-1-2-6-20(18)15-17/h1-10,15,19,21,26H,11-14,16H2,(H,27,28,29). The molecule has 1 aromatic heterocycles. The van der Waals surface area contributed by atoms with Gasteiger partial charge in [-0.1, -0.05) is 59.9 Å². The van der Waals surface area contributed by atoms with Crippen molar-refractivity contribution in [2.75, 3.05) is 5.32 Å². The maximum atomic E-state index is 12.7. The van der Waals surface area contributed by atoms with E-state index in [4.69, 9.17) is 0 Å². The Morgan fingerprint density at radius 2 is 1.70 bits per heavy atom. The lowest BCUT2D eigenvalue weighted by Gasteiger charge is -2.28. The molecule has 4 nitrogen and oxygen atoms in total. The summed E-state index contributed by atoms with van der Waals surface area (Å²) in [6.45, 7) is 0.873. The number of amides is 1. The normalized spacial score (nSPS) is 19.2. The number of nitrogens with one attached hydrogen (secondary N) is 2. The van der Waals surface area contributed by atoms with Gasteiger partial charge in [-0.15, -0.1) is 0 Å². The number of aromatic nitrogens is 1. The van der Waals surface area contributed by atoms with Gasteiger partial charge in [0.15, 0.2) is 5.13 Å². The average molecular weight is 416 g/mol. The number of fused-ring (bicyclic) bond motifs is 2. The third-order valence-electron chi connectivity index (χ3n) is 6.03. The van der Waals surface area contributed by atoms with Crippen LogP contribution in [0.5, 0.6) is 0 Å². The van der Waals surface area contributed by atoms with Crippen LogP contribution < -0.4 is 10.6 Å². The number of carbonyl (C=O) groups is 1. The summed E-state index contributed by atoms with van der Waals surface area (Å²) < 4.78 is 1.11. The largest absolute Gasteiger partial charge is 0.310 e. The predicted molar refractivity (Wildman–Crippen MR) is 125 cm³/mol. The maximum Gasteiger partial charge on any atom is 0.229 e. The quantitative estimate of drug-likeness (QED) is 0.437. The molecular formula is C25H25N3OS. The summed E-state index contributed by atoms with van der Waals surface area (Å²) in [6.07, 6.45) is 3.91. The first-order valence-electron chi connectivity index (χ1n) is 10.6. The first kappa shape index (κ1) is 19.2. The average Bonchev–Trinajstić information content (AvgIpc) is 3.20. The van der Waals surface area contributed by atoms with Crippen LogP contribution in [-0.4, -0.2) is 16.9 Å². The maximum absolute atomic E-state index is 12.7. The second-order valence-corrected chi connectivity index (χ2v) is 9.12. The minimum Gasteiger partial charge on any atom is -0.310 e. The van der Waals surface area contributed by atoms with Crippen molar-refractivity contribution in [1.29, 1.82) is 0 Å². The lowest BCUT2D eigenvalue weighted by Crippen LogP contribution is -2.36. The van der Waals surface area contributed by atoms with Crippen LogP contribution in [0.4, 0.5) is 5.13 Å². The van der Waals surface area contributed by atoms with Gasteiger partial charge < -0.3 is 10.6 Å². The van der Waals surface area contributed by atoms with E-state index in [1.165, 1.54) is 16.3 Å². The molecule has 0 unspecified atom stereocenters. The van der Waals surface area contributed by atoms with Crippen LogP contribution in [0.15, 0.2) is 66.7 Å². The fraction of sp³-hybridized carbons (Fsp3) is 0.280. The molecule has 0 aliphatic heterocycles. The van der Waals surface area contributed by atoms with E-state index in [0.29, 0.717) is 11.2 Å². The molecule has 1 heterocycles. The molecule has 1 saturated carbocycles. The third kappa shape index (κ3) is 4.23. The molecule has 2 N–H and O–H groups in total. The highest BCUT2D eigenvalue weighted by atomic mass is 32.1. The zero-order valence-electron chi connectivity index (χ0n) is 16.8. The molecule has 30 heavy (non-hydrogen) atoms. The van der Waals surface area contributed by atoms with Gasteiger partial charge >= 0.3 is 0 Å². The summed E-state index contributed by atoms with van der Waals surface area (Å²) in [6, 6.07) is 23.6. The number of thiazole rings is 1. The van der Waals surface area contributed by atoms with E-state index in [9.17, 15) is 4.79 Å². The summed E-state index contributed by atoms with van der Waals surface area (Å²) in [4.78, 5) is 17.2. The number of carbonyl (C=O) groups excluding carboxylic acids is 1. The minimum absolute atomic E-state index is 0.0794. The smallest absolute Gasteiger partial charge is 0.229 e. The lowest BCUT2D eigenvalue weighted by molar-refractivity contribution is -0.120. The number of benzene rings is 3. The summed E-state index contributed by atoms with van der Waals surface area (Å²) in [5, 5.41) is 10.00. The predicted octanol–water partition coefficient (Wildman–Crippen LogP) is 5.74. The molecule has 5 heteroatoms. The second-order valence-electron chi connectivity index (χ2n) is 8.09. The summed E-state index contributed by atoms with van der Waals surface area (Å²) in [5.41, 5.74) is 2.25. The highest BCUT2D eigenvalue weighted by Crippen LogP contribution is 2.29. The Bertz CT molecular complexity index is 1140. The molecule has 0 saturated heterocycles. The van der Waals surface area contributed by atoms with E-state index in [2.05, 4.69) is 58.1 Å². The Kier molecular flexibility index (Phi) is 5.47. The first-order chi connectivity index (χ1) is 14.7. The van der Waals surface area contributed by atoms with Gasteiger partial charge in [0.25, 0.3) is 0 Å². The van der Waals surface area contributed by atoms with Gasteiger partial charge in [-0.05, 0) is 60.2 Å². The molecule has 152 valence electrons. The van der Waals surface area contributed by atoms with Crippen molar-refractivity contribution >= 4 is 43.4 Å². The van der Waals surface area contributed by atoms with Crippen LogP contribution in [0.3, 0.4) is 0 Å². The van der Waals surface area contributed by atoms with Crippen molar-refractivity contribution in [3.8, 4) is 0 Å². The van der Waals surface area contributed by atoms with Gasteiger partial charge in [-0.25, -0.2) is 4.98 Å². The van der Waals surface area contributed by atoms with Gasteiger partial charge in [-0.3, -0.25) is 4.79 Å². The molecule has 0 bridgehead atoms. The number of hydrogen-bond donors (Lipinski definition) is 2. The molecule has 1 aliphatic carbocycles. The van der Waals surface area contributed by atoms with Gasteiger partial charge in [-0.2, -0.15) is 0 Å². The zero-order valence-corrected chi connectivity index (χ0v) is 17.6. The summed E-state index contributed by atoms with van der Waals surface area (Å²) in [5.74, 6) is 0.192. The monoisotopic (exact) mass is 415 g/mol. The van der Waals surface area contributed by atoms with E-state index in [1.807, 2.05) is 24.3 Å². The number of rotatable bonds is 5. The second kappa shape index (κ2) is 8.54. The molecule has 4 aromatic rings. The summed E-state index contributed by atoms with van der Waals surface area (Å²) in [7, 11) is 0. The lowest BCUT2D eigenvalue weighted by atomic mass is 9.85. The van der Waals surface area contributed by atoms with Crippen molar-refractivity contribution in [2.24, 2.45) is 5.92 Å². The van der Waals surface area contributed by atoms with Crippen molar-refractivity contribution in [3.05, 3.63) is 72.3 Å². The van der Waals surface area contributed by atoms with Crippen molar-refractivity contribution in [2.45, 2.75) is 38.3 Å². The van der Waals surface area contributed by atoms with Crippen molar-refractivity contribution < 1.29 is 4.79 Å². The molecule has 1 fully saturated rings. The van der Waals surface area contributed by atoms with Gasteiger partial charge in [0.1, 0.15) is 0 Å². The fourth-order valence-corrected chi connectivity index (χ4v) is 5.17. The molecule has 1 amide bonds. The van der Waals surface area contributed by atoms with Gasteiger partial charge in [0.2, 0.25) is 5.91 Å². The highest BCUT2D eigenvalue weighted by Gasteiger charge is 2.26. The van der Waals surface area contributed by atoms with E-state index in [1.54, 1.807) is 11.3 Å². The van der Waals surface area contributed by atoms with Crippen molar-refractivity contribution in [1.82, 2.24) is 10.3 Å². The number of hydrogen-bond acceptors (Lipinski definition) is 4. The van der Waals surface area contributed by atoms with Gasteiger partial charge in [0, 0.05) is 18.5 Å². The topological polar surface area (TPSA) is 54.0 Å². The molecule has 5 rings (SSSR count). The van der Waals surface area contributed by atoms with Crippen LogP contribution in [0.25, 0.3) is 21.0 Å². The molecule has 0 spiro atoms. The first-order valence-corrected chi connectivity index (χ1v) is 11.4. The van der Waals surface area contributed by atoms with Crippen LogP contribution in [0.1, 0.15) is 31.2 Å². The SMILES string of the molecule is O=C(Nc1nc2ccccc2s1)C1CCC(NCc2ccc3ccccc3c2)CC1.